The average molecular weight is 388 g/mol. The largest absolute Gasteiger partial charge is 0.416 e. The molecule has 0 aliphatic carbocycles. The molecule has 1 aliphatic rings. The Bertz CT molecular complexity index is 815. The van der Waals surface area contributed by atoms with Gasteiger partial charge in [0.05, 0.1) is 29.7 Å². The van der Waals surface area contributed by atoms with E-state index in [1.54, 1.807) is 0 Å². The number of hydrogen-bond donors (Lipinski definition) is 1. The summed E-state index contributed by atoms with van der Waals surface area (Å²) >= 11 is 6.12. The Morgan fingerprint density at radius 3 is 2.65 bits per heavy atom. The summed E-state index contributed by atoms with van der Waals surface area (Å²) in [6.07, 6.45) is -1.02. The molecule has 1 aliphatic heterocycles. The Morgan fingerprint density at radius 2 is 2.04 bits per heavy atom. The van der Waals surface area contributed by atoms with Crippen molar-refractivity contribution in [2.75, 3.05) is 25.1 Å². The van der Waals surface area contributed by atoms with E-state index in [-0.39, 0.29) is 10.7 Å². The van der Waals surface area contributed by atoms with Crippen LogP contribution < -0.4 is 10.9 Å². The van der Waals surface area contributed by atoms with Crippen molar-refractivity contribution < 1.29 is 17.9 Å². The Morgan fingerprint density at radius 1 is 1.31 bits per heavy atom. The van der Waals surface area contributed by atoms with Crippen molar-refractivity contribution in [3.05, 3.63) is 51.4 Å². The summed E-state index contributed by atoms with van der Waals surface area (Å²) in [6, 6.07) is 4.15. The van der Waals surface area contributed by atoms with Crippen molar-refractivity contribution in [2.45, 2.75) is 19.0 Å². The fourth-order valence-corrected chi connectivity index (χ4v) is 2.95. The molecule has 0 spiro atoms. The Kier molecular flexibility index (Phi) is 5.52. The van der Waals surface area contributed by atoms with Gasteiger partial charge in [0.25, 0.3) is 5.56 Å². The second kappa shape index (κ2) is 7.67. The van der Waals surface area contributed by atoms with Gasteiger partial charge in [-0.3, -0.25) is 4.79 Å². The maximum absolute atomic E-state index is 12.6. The van der Waals surface area contributed by atoms with Gasteiger partial charge in [-0.25, -0.2) is 0 Å². The molecule has 26 heavy (non-hydrogen) atoms. The molecule has 140 valence electrons. The molecule has 3 rings (SSSR count). The molecule has 1 N–H and O–H groups in total. The first-order valence-corrected chi connectivity index (χ1v) is 8.51. The van der Waals surface area contributed by atoms with Gasteiger partial charge in [0.15, 0.2) is 0 Å². The number of benzene rings is 1. The van der Waals surface area contributed by atoms with Gasteiger partial charge >= 0.3 is 6.18 Å². The fourth-order valence-electron chi connectivity index (χ4n) is 2.75. The third-order valence-corrected chi connectivity index (χ3v) is 4.56. The fraction of sp³-hybridized carbons (Fsp3) is 0.412. The van der Waals surface area contributed by atoms with Crippen molar-refractivity contribution in [1.29, 1.82) is 0 Å². The second-order valence-electron chi connectivity index (χ2n) is 6.10. The van der Waals surface area contributed by atoms with E-state index in [0.717, 1.165) is 36.3 Å². The normalized spacial score (nSPS) is 17.9. The average Bonchev–Trinajstić information content (AvgIpc) is 2.63. The van der Waals surface area contributed by atoms with Crippen LogP contribution in [0.4, 0.5) is 18.9 Å². The van der Waals surface area contributed by atoms with Crippen LogP contribution in [0.2, 0.25) is 5.02 Å². The number of alkyl halides is 3. The first-order valence-electron chi connectivity index (χ1n) is 8.13. The van der Waals surface area contributed by atoms with Gasteiger partial charge in [-0.1, -0.05) is 11.6 Å². The van der Waals surface area contributed by atoms with Crippen LogP contribution in [-0.2, 0) is 10.9 Å². The second-order valence-corrected chi connectivity index (χ2v) is 6.48. The molecule has 1 aromatic carbocycles. The molecular formula is C17H17ClF3N3O2. The molecule has 1 aromatic heterocycles. The smallest absolute Gasteiger partial charge is 0.382 e. The van der Waals surface area contributed by atoms with Gasteiger partial charge < -0.3 is 10.1 Å². The summed E-state index contributed by atoms with van der Waals surface area (Å²) in [4.78, 5) is 12.4. The van der Waals surface area contributed by atoms with E-state index in [9.17, 15) is 18.0 Å². The monoisotopic (exact) mass is 387 g/mol. The first-order chi connectivity index (χ1) is 12.4. The van der Waals surface area contributed by atoms with Crippen molar-refractivity contribution >= 4 is 17.3 Å². The number of nitrogens with one attached hydrogen (secondary N) is 1. The van der Waals surface area contributed by atoms with Crippen molar-refractivity contribution in [3.63, 3.8) is 0 Å². The molecule has 1 saturated heterocycles. The molecule has 0 radical (unpaired) electrons. The molecule has 2 heterocycles. The van der Waals surface area contributed by atoms with Crippen molar-refractivity contribution in [2.24, 2.45) is 5.92 Å². The lowest BCUT2D eigenvalue weighted by atomic mass is 10.0. The lowest BCUT2D eigenvalue weighted by Crippen LogP contribution is -2.26. The molecule has 9 heteroatoms. The van der Waals surface area contributed by atoms with E-state index in [1.165, 1.54) is 18.3 Å². The third kappa shape index (κ3) is 4.19. The maximum Gasteiger partial charge on any atom is 0.416 e. The topological polar surface area (TPSA) is 56.1 Å². The lowest BCUT2D eigenvalue weighted by Gasteiger charge is -2.22. The number of halogens is 4. The number of ether oxygens (including phenoxy) is 1. The van der Waals surface area contributed by atoms with Crippen molar-refractivity contribution in [3.8, 4) is 5.69 Å². The van der Waals surface area contributed by atoms with Crippen LogP contribution in [0.1, 0.15) is 18.4 Å². The van der Waals surface area contributed by atoms with Crippen LogP contribution in [0.15, 0.2) is 35.3 Å². The van der Waals surface area contributed by atoms with Crippen molar-refractivity contribution in [1.82, 2.24) is 9.78 Å². The number of nitrogens with zero attached hydrogens (tertiary/aromatic N) is 2. The molecule has 1 fully saturated rings. The van der Waals surface area contributed by atoms with E-state index < -0.39 is 17.3 Å². The zero-order chi connectivity index (χ0) is 18.7. The summed E-state index contributed by atoms with van der Waals surface area (Å²) in [6.45, 7) is 2.02. The predicted octanol–water partition coefficient (Wildman–Crippen LogP) is 3.74. The molecule has 1 atom stereocenters. The highest BCUT2D eigenvalue weighted by Gasteiger charge is 2.30. The van der Waals surface area contributed by atoms with Crippen LogP contribution >= 0.6 is 11.6 Å². The molecule has 0 saturated carbocycles. The molecule has 5 nitrogen and oxygen atoms in total. The highest BCUT2D eigenvalue weighted by atomic mass is 35.5. The number of rotatable bonds is 4. The van der Waals surface area contributed by atoms with E-state index in [0.29, 0.717) is 24.8 Å². The molecule has 0 unspecified atom stereocenters. The minimum absolute atomic E-state index is 0.0587. The van der Waals surface area contributed by atoms with E-state index in [2.05, 4.69) is 10.4 Å². The van der Waals surface area contributed by atoms with Gasteiger partial charge in [-0.05, 0) is 43.0 Å². The molecular weight excluding hydrogens is 371 g/mol. The Hall–Kier alpha value is -2.06. The van der Waals surface area contributed by atoms with Crippen LogP contribution in [0.3, 0.4) is 0 Å². The molecule has 0 bridgehead atoms. The van der Waals surface area contributed by atoms with Gasteiger partial charge in [-0.2, -0.15) is 23.0 Å². The SMILES string of the molecule is O=c1c(Cl)c(NC[C@H]2CCCOC2)cnn1-c1ccc(C(F)(F)F)cc1. The summed E-state index contributed by atoms with van der Waals surface area (Å²) in [5.74, 6) is 0.331. The maximum atomic E-state index is 12.6. The quantitative estimate of drug-likeness (QED) is 0.868. The van der Waals surface area contributed by atoms with Gasteiger partial charge in [0, 0.05) is 13.2 Å². The van der Waals surface area contributed by atoms with Gasteiger partial charge in [0.1, 0.15) is 5.02 Å². The van der Waals surface area contributed by atoms with Gasteiger partial charge in [-0.15, -0.1) is 0 Å². The Balaban J connectivity index is 1.77. The van der Waals surface area contributed by atoms with E-state index >= 15 is 0 Å². The van der Waals surface area contributed by atoms with Crippen LogP contribution in [0, 0.1) is 5.92 Å². The minimum atomic E-state index is -4.44. The summed E-state index contributed by atoms with van der Waals surface area (Å²) < 4.78 is 44.3. The van der Waals surface area contributed by atoms with Crippen LogP contribution in [0.25, 0.3) is 5.69 Å². The number of hydrogen-bond acceptors (Lipinski definition) is 4. The Labute approximate surface area is 152 Å². The van der Waals surface area contributed by atoms with E-state index in [1.807, 2.05) is 0 Å². The lowest BCUT2D eigenvalue weighted by molar-refractivity contribution is -0.137. The molecule has 0 amide bonds. The standard InChI is InChI=1S/C17H17ClF3N3O2/c18-15-14(22-8-11-2-1-7-26-10-11)9-23-24(16(15)25)13-5-3-12(4-6-13)17(19,20)21/h3-6,9,11,22H,1-2,7-8,10H2/t11-/m1/s1. The highest BCUT2D eigenvalue weighted by Crippen LogP contribution is 2.29. The minimum Gasteiger partial charge on any atom is -0.382 e. The third-order valence-electron chi connectivity index (χ3n) is 4.19. The summed E-state index contributed by atoms with van der Waals surface area (Å²) in [5, 5.41) is 7.05. The zero-order valence-electron chi connectivity index (χ0n) is 13.7. The predicted molar refractivity (Wildman–Crippen MR) is 91.9 cm³/mol. The zero-order valence-corrected chi connectivity index (χ0v) is 14.5. The number of anilines is 1. The summed E-state index contributed by atoms with van der Waals surface area (Å²) in [7, 11) is 0. The summed E-state index contributed by atoms with van der Waals surface area (Å²) in [5.41, 5.74) is -0.799. The van der Waals surface area contributed by atoms with Crippen LogP contribution in [-0.4, -0.2) is 29.5 Å². The molecule has 2 aromatic rings. The van der Waals surface area contributed by atoms with Gasteiger partial charge in [0.2, 0.25) is 0 Å². The van der Waals surface area contributed by atoms with E-state index in [4.69, 9.17) is 16.3 Å². The number of aromatic nitrogens is 2. The first kappa shape index (κ1) is 18.7. The van der Waals surface area contributed by atoms with Crippen LogP contribution in [0.5, 0.6) is 0 Å². The highest BCUT2D eigenvalue weighted by molar-refractivity contribution is 6.32.